The van der Waals surface area contributed by atoms with Crippen LogP contribution in [0.15, 0.2) is 30.3 Å². The molecule has 1 aromatic carbocycles. The number of halogens is 1. The number of benzene rings is 1. The fourth-order valence-electron chi connectivity index (χ4n) is 4.75. The van der Waals surface area contributed by atoms with E-state index >= 15 is 0 Å². The highest BCUT2D eigenvalue weighted by Gasteiger charge is 2.41. The number of methoxy groups -OCH3 is 1. The second-order valence-corrected chi connectivity index (χ2v) is 8.24. The molecule has 2 aromatic rings. The van der Waals surface area contributed by atoms with E-state index < -0.39 is 0 Å². The van der Waals surface area contributed by atoms with Gasteiger partial charge in [-0.1, -0.05) is 18.2 Å². The van der Waals surface area contributed by atoms with Gasteiger partial charge < -0.3 is 9.64 Å². The Morgan fingerprint density at radius 3 is 2.96 bits per heavy atom. The summed E-state index contributed by atoms with van der Waals surface area (Å²) < 4.78 is 19.3. The first-order chi connectivity index (χ1) is 13.6. The molecule has 6 heteroatoms. The number of fused-ring (bicyclic) bond motifs is 1. The van der Waals surface area contributed by atoms with Gasteiger partial charge in [0.25, 0.3) is 0 Å². The van der Waals surface area contributed by atoms with Crippen LogP contribution in [0, 0.1) is 11.2 Å². The van der Waals surface area contributed by atoms with Crippen molar-refractivity contribution in [2.24, 2.45) is 5.41 Å². The number of likely N-dealkylation sites (tertiary alicyclic amines) is 2. The third-order valence-corrected chi connectivity index (χ3v) is 6.17. The number of hydrogen-bond donors (Lipinski definition) is 0. The van der Waals surface area contributed by atoms with Crippen LogP contribution in [-0.4, -0.2) is 60.6 Å². The number of para-hydroxylation sites is 1. The number of rotatable bonds is 5. The van der Waals surface area contributed by atoms with Crippen molar-refractivity contribution in [3.05, 3.63) is 41.8 Å². The Balaban J connectivity index is 1.46. The number of amides is 1. The average molecular weight is 385 g/mol. The topological polar surface area (TPSA) is 45.7 Å². The highest BCUT2D eigenvalue weighted by molar-refractivity contribution is 5.79. The first kappa shape index (κ1) is 19.3. The Hall–Kier alpha value is -2.05. The molecule has 0 N–H and O–H groups in total. The summed E-state index contributed by atoms with van der Waals surface area (Å²) in [5.41, 5.74) is 1.50. The van der Waals surface area contributed by atoms with E-state index in [0.717, 1.165) is 56.5 Å². The molecule has 0 radical (unpaired) electrons. The quantitative estimate of drug-likeness (QED) is 0.793. The number of pyridine rings is 1. The minimum atomic E-state index is -0.269. The number of carbonyl (C=O) groups excluding carboxylic acids is 1. The Kier molecular flexibility index (Phi) is 5.60. The molecular formula is C22H28FN3O2. The van der Waals surface area contributed by atoms with Crippen molar-refractivity contribution >= 4 is 16.8 Å². The third-order valence-electron chi connectivity index (χ3n) is 6.17. The van der Waals surface area contributed by atoms with Crippen LogP contribution in [0.25, 0.3) is 10.9 Å². The SMILES string of the molecule is COCCN1C[C@@]2(CCCN(Cc3ccc4cccc(F)c4n3)C2)CCC1=O. The Morgan fingerprint density at radius 1 is 1.21 bits per heavy atom. The van der Waals surface area contributed by atoms with Gasteiger partial charge in [0.2, 0.25) is 5.91 Å². The van der Waals surface area contributed by atoms with Crippen molar-refractivity contribution in [2.45, 2.75) is 32.2 Å². The van der Waals surface area contributed by atoms with Crippen molar-refractivity contribution < 1.29 is 13.9 Å². The van der Waals surface area contributed by atoms with Gasteiger partial charge >= 0.3 is 0 Å². The minimum absolute atomic E-state index is 0.155. The lowest BCUT2D eigenvalue weighted by molar-refractivity contribution is -0.140. The first-order valence-corrected chi connectivity index (χ1v) is 10.1. The Bertz CT molecular complexity index is 859. The fraction of sp³-hybridized carbons (Fsp3) is 0.545. The lowest BCUT2D eigenvalue weighted by Gasteiger charge is -2.48. The maximum Gasteiger partial charge on any atom is 0.222 e. The predicted molar refractivity (Wildman–Crippen MR) is 106 cm³/mol. The van der Waals surface area contributed by atoms with Gasteiger partial charge in [-0.05, 0) is 37.9 Å². The van der Waals surface area contributed by atoms with Gasteiger partial charge in [-0.3, -0.25) is 9.69 Å². The summed E-state index contributed by atoms with van der Waals surface area (Å²) >= 11 is 0. The predicted octanol–water partition coefficient (Wildman–Crippen LogP) is 3.22. The zero-order chi connectivity index (χ0) is 19.6. The van der Waals surface area contributed by atoms with Crippen LogP contribution >= 0.6 is 0 Å². The van der Waals surface area contributed by atoms with Crippen molar-refractivity contribution in [1.29, 1.82) is 0 Å². The highest BCUT2D eigenvalue weighted by atomic mass is 19.1. The number of piperidine rings is 2. The summed E-state index contributed by atoms with van der Waals surface area (Å²) in [6.07, 6.45) is 3.84. The maximum atomic E-state index is 14.1. The smallest absolute Gasteiger partial charge is 0.222 e. The molecule has 1 spiro atoms. The summed E-state index contributed by atoms with van der Waals surface area (Å²) in [6.45, 7) is 4.76. The Morgan fingerprint density at radius 2 is 2.11 bits per heavy atom. The lowest BCUT2D eigenvalue weighted by atomic mass is 9.73. The molecule has 150 valence electrons. The van der Waals surface area contributed by atoms with Crippen LogP contribution in [0.3, 0.4) is 0 Å². The van der Waals surface area contributed by atoms with Gasteiger partial charge in [-0.25, -0.2) is 9.37 Å². The monoisotopic (exact) mass is 385 g/mol. The van der Waals surface area contributed by atoms with Gasteiger partial charge in [0, 0.05) is 50.5 Å². The molecular weight excluding hydrogens is 357 g/mol. The van der Waals surface area contributed by atoms with E-state index in [1.165, 1.54) is 6.07 Å². The van der Waals surface area contributed by atoms with Crippen LogP contribution in [0.4, 0.5) is 4.39 Å². The van der Waals surface area contributed by atoms with Crippen molar-refractivity contribution in [3.8, 4) is 0 Å². The minimum Gasteiger partial charge on any atom is -0.383 e. The van der Waals surface area contributed by atoms with Crippen LogP contribution < -0.4 is 0 Å². The molecule has 2 fully saturated rings. The van der Waals surface area contributed by atoms with Crippen LogP contribution in [0.1, 0.15) is 31.4 Å². The molecule has 0 unspecified atom stereocenters. The number of nitrogens with zero attached hydrogens (tertiary/aromatic N) is 3. The highest BCUT2D eigenvalue weighted by Crippen LogP contribution is 2.39. The zero-order valence-corrected chi connectivity index (χ0v) is 16.5. The standard InChI is InChI=1S/C22H28FN3O2/c1-28-13-12-26-16-22(10-8-20(26)27)9-3-11-25(15-22)14-18-7-6-17-4-2-5-19(23)21(17)24-18/h2,4-7H,3,8-16H2,1H3/t22-/m0/s1. The van der Waals surface area contributed by atoms with Crippen molar-refractivity contribution in [1.82, 2.24) is 14.8 Å². The maximum absolute atomic E-state index is 14.1. The van der Waals surface area contributed by atoms with E-state index in [-0.39, 0.29) is 17.1 Å². The summed E-state index contributed by atoms with van der Waals surface area (Å²) in [7, 11) is 1.67. The molecule has 2 aliphatic heterocycles. The average Bonchev–Trinajstić information content (AvgIpc) is 2.70. The third kappa shape index (κ3) is 4.03. The van der Waals surface area contributed by atoms with Crippen molar-refractivity contribution in [2.75, 3.05) is 39.9 Å². The molecule has 28 heavy (non-hydrogen) atoms. The molecule has 0 saturated carbocycles. The molecule has 1 amide bonds. The van der Waals surface area contributed by atoms with E-state index in [9.17, 15) is 9.18 Å². The van der Waals surface area contributed by atoms with Gasteiger partial charge in [0.1, 0.15) is 11.3 Å². The van der Waals surface area contributed by atoms with E-state index in [1.807, 2.05) is 23.1 Å². The summed E-state index contributed by atoms with van der Waals surface area (Å²) in [6, 6.07) is 9.01. The van der Waals surface area contributed by atoms with Crippen molar-refractivity contribution in [3.63, 3.8) is 0 Å². The molecule has 5 nitrogen and oxygen atoms in total. The number of carbonyl (C=O) groups is 1. The van der Waals surface area contributed by atoms with Gasteiger partial charge in [-0.2, -0.15) is 0 Å². The number of hydrogen-bond acceptors (Lipinski definition) is 4. The largest absolute Gasteiger partial charge is 0.383 e. The number of ether oxygens (including phenoxy) is 1. The van der Waals surface area contributed by atoms with Crippen LogP contribution in [0.5, 0.6) is 0 Å². The summed E-state index contributed by atoms with van der Waals surface area (Å²) in [4.78, 5) is 21.2. The fourth-order valence-corrected chi connectivity index (χ4v) is 4.75. The molecule has 1 atom stereocenters. The van der Waals surface area contributed by atoms with E-state index in [1.54, 1.807) is 13.2 Å². The lowest BCUT2D eigenvalue weighted by Crippen LogP contribution is -2.54. The Labute approximate surface area is 165 Å². The summed E-state index contributed by atoms with van der Waals surface area (Å²) in [5.74, 6) is -0.0273. The molecule has 0 aliphatic carbocycles. The molecule has 1 aromatic heterocycles. The van der Waals surface area contributed by atoms with E-state index in [0.29, 0.717) is 25.1 Å². The van der Waals surface area contributed by atoms with Crippen LogP contribution in [0.2, 0.25) is 0 Å². The summed E-state index contributed by atoms with van der Waals surface area (Å²) in [5, 5.41) is 0.832. The van der Waals surface area contributed by atoms with Crippen LogP contribution in [-0.2, 0) is 16.1 Å². The second-order valence-electron chi connectivity index (χ2n) is 8.24. The molecule has 3 heterocycles. The zero-order valence-electron chi connectivity index (χ0n) is 16.5. The molecule has 2 aliphatic rings. The van der Waals surface area contributed by atoms with Gasteiger partial charge in [0.15, 0.2) is 0 Å². The second kappa shape index (κ2) is 8.13. The van der Waals surface area contributed by atoms with Gasteiger partial charge in [0.05, 0.1) is 12.3 Å². The first-order valence-electron chi connectivity index (χ1n) is 10.1. The van der Waals surface area contributed by atoms with Gasteiger partial charge in [-0.15, -0.1) is 0 Å². The number of aromatic nitrogens is 1. The molecule has 2 saturated heterocycles. The van der Waals surface area contributed by atoms with E-state index in [4.69, 9.17) is 4.74 Å². The normalized spacial score (nSPS) is 23.6. The molecule has 0 bridgehead atoms. The van der Waals surface area contributed by atoms with E-state index in [2.05, 4.69) is 9.88 Å². The molecule has 4 rings (SSSR count).